The Kier molecular flexibility index (Phi) is 7.73. The van der Waals surface area contributed by atoms with Crippen LogP contribution < -0.4 is 10.1 Å². The van der Waals surface area contributed by atoms with E-state index in [1.165, 1.54) is 0 Å². The molecule has 1 atom stereocenters. The molecule has 158 valence electrons. The first-order valence-electron chi connectivity index (χ1n) is 9.76. The third kappa shape index (κ3) is 6.25. The molecule has 7 nitrogen and oxygen atoms in total. The van der Waals surface area contributed by atoms with Crippen molar-refractivity contribution in [1.82, 2.24) is 10.2 Å². The zero-order chi connectivity index (χ0) is 21.3. The molecule has 2 aromatic rings. The maximum absolute atomic E-state index is 12.3. The van der Waals surface area contributed by atoms with Gasteiger partial charge in [-0.25, -0.2) is 0 Å². The lowest BCUT2D eigenvalue weighted by molar-refractivity contribution is -0.141. The molecule has 0 bridgehead atoms. The Bertz CT molecular complexity index is 873. The number of hydrogen-bond acceptors (Lipinski definition) is 6. The first-order valence-corrected chi connectivity index (χ1v) is 10.6. The van der Waals surface area contributed by atoms with Crippen LogP contribution in [-0.4, -0.2) is 40.5 Å². The monoisotopic (exact) mass is 428 g/mol. The molecular formula is C22H24N2O5S. The van der Waals surface area contributed by atoms with Crippen molar-refractivity contribution in [3.05, 3.63) is 60.2 Å². The first-order chi connectivity index (χ1) is 14.5. The van der Waals surface area contributed by atoms with Crippen LogP contribution in [0.15, 0.2) is 54.6 Å². The lowest BCUT2D eigenvalue weighted by atomic mass is 10.2. The highest BCUT2D eigenvalue weighted by atomic mass is 32.2. The Morgan fingerprint density at radius 2 is 1.80 bits per heavy atom. The number of carbonyl (C=O) groups is 3. The van der Waals surface area contributed by atoms with E-state index < -0.39 is 5.97 Å². The van der Waals surface area contributed by atoms with Gasteiger partial charge in [0.25, 0.3) is 5.24 Å². The minimum Gasteiger partial charge on any atom is -0.465 e. The van der Waals surface area contributed by atoms with E-state index in [9.17, 15) is 14.4 Å². The molecule has 8 heteroatoms. The number of carbonyl (C=O) groups excluding carboxylic acids is 3. The van der Waals surface area contributed by atoms with Crippen molar-refractivity contribution in [1.29, 1.82) is 0 Å². The van der Waals surface area contributed by atoms with Gasteiger partial charge >= 0.3 is 5.97 Å². The molecule has 3 rings (SSSR count). The zero-order valence-electron chi connectivity index (χ0n) is 16.7. The van der Waals surface area contributed by atoms with Gasteiger partial charge in [-0.1, -0.05) is 30.3 Å². The SMILES string of the molecule is CCOC(=O)CNC(=O)SC1CCC(=O)N1Cc1ccc(Oc2ccccc2)cc1. The van der Waals surface area contributed by atoms with Crippen LogP contribution in [0.2, 0.25) is 0 Å². The number of rotatable bonds is 8. The second-order valence-electron chi connectivity index (χ2n) is 6.64. The number of benzene rings is 2. The van der Waals surface area contributed by atoms with E-state index in [-0.39, 0.29) is 29.7 Å². The smallest absolute Gasteiger partial charge is 0.325 e. The van der Waals surface area contributed by atoms with E-state index in [1.807, 2.05) is 54.6 Å². The van der Waals surface area contributed by atoms with Crippen molar-refractivity contribution in [2.24, 2.45) is 0 Å². The minimum absolute atomic E-state index is 0.00954. The number of amides is 2. The van der Waals surface area contributed by atoms with Crippen LogP contribution in [0.4, 0.5) is 4.79 Å². The van der Waals surface area contributed by atoms with E-state index >= 15 is 0 Å². The van der Waals surface area contributed by atoms with Crippen LogP contribution in [0.5, 0.6) is 11.5 Å². The fourth-order valence-electron chi connectivity index (χ4n) is 3.03. The highest BCUT2D eigenvalue weighted by Crippen LogP contribution is 2.30. The van der Waals surface area contributed by atoms with Crippen LogP contribution in [0.1, 0.15) is 25.3 Å². The molecule has 0 aliphatic carbocycles. The summed E-state index contributed by atoms with van der Waals surface area (Å²) in [7, 11) is 0. The van der Waals surface area contributed by atoms with Crippen LogP contribution in [0, 0.1) is 0 Å². The number of nitrogens with one attached hydrogen (secondary N) is 1. The molecule has 0 radical (unpaired) electrons. The van der Waals surface area contributed by atoms with Gasteiger partial charge in [0, 0.05) is 13.0 Å². The van der Waals surface area contributed by atoms with Crippen LogP contribution in [0.3, 0.4) is 0 Å². The maximum Gasteiger partial charge on any atom is 0.325 e. The third-order valence-electron chi connectivity index (χ3n) is 4.45. The van der Waals surface area contributed by atoms with Crippen molar-refractivity contribution >= 4 is 28.9 Å². The Labute approximate surface area is 179 Å². The molecule has 0 saturated carbocycles. The van der Waals surface area contributed by atoms with Crippen LogP contribution in [0.25, 0.3) is 0 Å². The number of nitrogens with zero attached hydrogens (tertiary/aromatic N) is 1. The molecule has 0 spiro atoms. The fourth-order valence-corrected chi connectivity index (χ4v) is 3.98. The Morgan fingerprint density at radius 1 is 1.10 bits per heavy atom. The Hall–Kier alpha value is -3.00. The summed E-state index contributed by atoms with van der Waals surface area (Å²) in [6.45, 7) is 2.20. The molecule has 1 aliphatic heterocycles. The molecule has 2 aromatic carbocycles. The summed E-state index contributed by atoms with van der Waals surface area (Å²) in [4.78, 5) is 37.5. The summed E-state index contributed by atoms with van der Waals surface area (Å²) in [5, 5.41) is 1.91. The largest absolute Gasteiger partial charge is 0.465 e. The fraction of sp³-hybridized carbons (Fsp3) is 0.318. The lowest BCUT2D eigenvalue weighted by Gasteiger charge is -2.24. The number of esters is 1. The van der Waals surface area contributed by atoms with Gasteiger partial charge in [-0.2, -0.15) is 0 Å². The topological polar surface area (TPSA) is 84.9 Å². The predicted molar refractivity (Wildman–Crippen MR) is 114 cm³/mol. The Balaban J connectivity index is 1.54. The van der Waals surface area contributed by atoms with E-state index in [0.717, 1.165) is 23.1 Å². The Morgan fingerprint density at radius 3 is 2.50 bits per heavy atom. The summed E-state index contributed by atoms with van der Waals surface area (Å²) >= 11 is 1.03. The molecule has 1 saturated heterocycles. The van der Waals surface area contributed by atoms with E-state index in [2.05, 4.69) is 5.32 Å². The number of ether oxygens (including phenoxy) is 2. The van der Waals surface area contributed by atoms with Gasteiger partial charge in [0.05, 0.1) is 12.0 Å². The third-order valence-corrected chi connectivity index (χ3v) is 5.57. The van der Waals surface area contributed by atoms with Crippen molar-refractivity contribution < 1.29 is 23.9 Å². The second-order valence-corrected chi connectivity index (χ2v) is 7.79. The quantitative estimate of drug-likeness (QED) is 0.641. The molecule has 0 aromatic heterocycles. The summed E-state index contributed by atoms with van der Waals surface area (Å²) in [5.74, 6) is 0.992. The number of likely N-dealkylation sites (tertiary alicyclic amines) is 1. The molecule has 1 N–H and O–H groups in total. The van der Waals surface area contributed by atoms with Crippen molar-refractivity contribution in [3.8, 4) is 11.5 Å². The van der Waals surface area contributed by atoms with E-state index in [0.29, 0.717) is 25.1 Å². The lowest BCUT2D eigenvalue weighted by Crippen LogP contribution is -2.34. The molecule has 1 unspecified atom stereocenters. The second kappa shape index (κ2) is 10.7. The number of hydrogen-bond donors (Lipinski definition) is 1. The average Bonchev–Trinajstić information content (AvgIpc) is 3.08. The molecule has 30 heavy (non-hydrogen) atoms. The standard InChI is InChI=1S/C22H24N2O5S/c1-2-28-21(26)14-23-22(27)30-20-13-12-19(25)24(20)15-16-8-10-18(11-9-16)29-17-6-4-3-5-7-17/h3-11,20H,2,12-15H2,1H3,(H,23,27). The predicted octanol–water partition coefficient (Wildman–Crippen LogP) is 3.93. The molecule has 1 fully saturated rings. The highest BCUT2D eigenvalue weighted by Gasteiger charge is 2.33. The number of para-hydroxylation sites is 1. The maximum atomic E-state index is 12.3. The van der Waals surface area contributed by atoms with E-state index in [1.54, 1.807) is 11.8 Å². The average molecular weight is 429 g/mol. The summed E-state index contributed by atoms with van der Waals surface area (Å²) in [5.41, 5.74) is 0.947. The van der Waals surface area contributed by atoms with Gasteiger partial charge < -0.3 is 19.7 Å². The van der Waals surface area contributed by atoms with Gasteiger partial charge in [0.2, 0.25) is 5.91 Å². The molecule has 2 amide bonds. The zero-order valence-corrected chi connectivity index (χ0v) is 17.5. The van der Waals surface area contributed by atoms with Crippen molar-refractivity contribution in [3.63, 3.8) is 0 Å². The van der Waals surface area contributed by atoms with E-state index in [4.69, 9.17) is 9.47 Å². The van der Waals surface area contributed by atoms with Crippen molar-refractivity contribution in [2.75, 3.05) is 13.2 Å². The van der Waals surface area contributed by atoms with Gasteiger partial charge in [0.1, 0.15) is 18.0 Å². The van der Waals surface area contributed by atoms with Crippen LogP contribution >= 0.6 is 11.8 Å². The normalized spacial score (nSPS) is 15.7. The van der Waals surface area contributed by atoms with Gasteiger partial charge in [-0.05, 0) is 54.9 Å². The highest BCUT2D eigenvalue weighted by molar-refractivity contribution is 8.14. The minimum atomic E-state index is -0.483. The van der Waals surface area contributed by atoms with Crippen LogP contribution in [-0.2, 0) is 20.9 Å². The van der Waals surface area contributed by atoms with Gasteiger partial charge in [0.15, 0.2) is 0 Å². The molecular weight excluding hydrogens is 404 g/mol. The van der Waals surface area contributed by atoms with Gasteiger partial charge in [-0.3, -0.25) is 14.4 Å². The number of thioether (sulfide) groups is 1. The molecule has 1 aliphatic rings. The van der Waals surface area contributed by atoms with Gasteiger partial charge in [-0.15, -0.1) is 0 Å². The summed E-state index contributed by atoms with van der Waals surface area (Å²) in [6.07, 6.45) is 0.990. The summed E-state index contributed by atoms with van der Waals surface area (Å²) < 4.78 is 10.6. The first kappa shape index (κ1) is 21.7. The molecule has 1 heterocycles. The summed E-state index contributed by atoms with van der Waals surface area (Å²) in [6, 6.07) is 17.0. The van der Waals surface area contributed by atoms with Crippen molar-refractivity contribution in [2.45, 2.75) is 31.7 Å².